The number of halogens is 1. The minimum absolute atomic E-state index is 0.243. The van der Waals surface area contributed by atoms with Gasteiger partial charge in [-0.3, -0.25) is 14.5 Å². The van der Waals surface area contributed by atoms with Crippen LogP contribution in [-0.4, -0.2) is 55.0 Å². The number of aromatic nitrogens is 6. The first-order valence-corrected chi connectivity index (χ1v) is 14.9. The average Bonchev–Trinajstić information content (AvgIpc) is 3.71. The third kappa shape index (κ3) is 4.71. The second-order valence-corrected chi connectivity index (χ2v) is 11.9. The number of aromatic amines is 1. The lowest BCUT2D eigenvalue weighted by atomic mass is 9.81. The summed E-state index contributed by atoms with van der Waals surface area (Å²) in [5.41, 5.74) is 3.72. The highest BCUT2D eigenvalue weighted by Crippen LogP contribution is 2.40. The Labute approximate surface area is 237 Å². The number of H-pyrrole nitrogens is 1. The van der Waals surface area contributed by atoms with Crippen molar-refractivity contribution in [2.75, 3.05) is 18.1 Å². The van der Waals surface area contributed by atoms with Crippen LogP contribution in [0.15, 0.2) is 33.8 Å². The van der Waals surface area contributed by atoms with Gasteiger partial charge in [-0.25, -0.2) is 14.8 Å². The molecule has 4 aromatic heterocycles. The molecule has 1 N–H and O–H groups in total. The molecule has 3 fully saturated rings. The number of pyridine rings is 2. The normalized spacial score (nSPS) is 25.0. The number of hydrogen-bond acceptors (Lipinski definition) is 8. The standard InChI is InChI=1S/C29H34ClN7O3/c1-2-17-6-8-18(9-7-17)16-37-26-21(33-28(37)36-10-11-39-24-5-3-4-23(24)36)13-22(27-34-29(38)40-35-27)32-25(26)19-12-20(30)15-31-14-19/h12-15,17-18,23-24H,2-11,16H2,1H3,(H,34,35,38)/t17-,18-,23-,24-/m0/s1. The molecular weight excluding hydrogens is 530 g/mol. The van der Waals surface area contributed by atoms with Crippen LogP contribution in [0.5, 0.6) is 0 Å². The zero-order valence-electron chi connectivity index (χ0n) is 22.7. The van der Waals surface area contributed by atoms with Crippen molar-refractivity contribution in [3.8, 4) is 22.8 Å². The molecule has 10 nitrogen and oxygen atoms in total. The highest BCUT2D eigenvalue weighted by molar-refractivity contribution is 6.30. The summed E-state index contributed by atoms with van der Waals surface area (Å²) in [4.78, 5) is 31.5. The van der Waals surface area contributed by atoms with Crippen LogP contribution >= 0.6 is 11.6 Å². The quantitative estimate of drug-likeness (QED) is 0.329. The number of rotatable bonds is 6. The Morgan fingerprint density at radius 1 is 1.07 bits per heavy atom. The zero-order chi connectivity index (χ0) is 27.2. The molecule has 3 aliphatic rings. The first-order chi connectivity index (χ1) is 19.6. The predicted octanol–water partition coefficient (Wildman–Crippen LogP) is 5.46. The lowest BCUT2D eigenvalue weighted by Crippen LogP contribution is -2.49. The van der Waals surface area contributed by atoms with E-state index < -0.39 is 5.76 Å². The van der Waals surface area contributed by atoms with Gasteiger partial charge in [0.15, 0.2) is 0 Å². The van der Waals surface area contributed by atoms with Gasteiger partial charge < -0.3 is 14.2 Å². The van der Waals surface area contributed by atoms with Crippen molar-refractivity contribution in [2.45, 2.75) is 77.0 Å². The molecule has 0 spiro atoms. The lowest BCUT2D eigenvalue weighted by molar-refractivity contribution is 0.0247. The van der Waals surface area contributed by atoms with Gasteiger partial charge >= 0.3 is 5.76 Å². The first kappa shape index (κ1) is 25.7. The SMILES string of the molecule is CC[C@H]1CC[C@H](Cn2c(N3CCO[C@H]4CCC[C@@H]43)nc3cc(-c4noc(=O)[nH]4)nc(-c4cncc(Cl)c4)c32)CC1. The van der Waals surface area contributed by atoms with Gasteiger partial charge in [-0.1, -0.05) is 42.9 Å². The number of ether oxygens (including phenoxy) is 1. The molecule has 0 radical (unpaired) electrons. The van der Waals surface area contributed by atoms with Crippen LogP contribution < -0.4 is 10.7 Å². The fraction of sp³-hybridized carbons (Fsp3) is 0.552. The van der Waals surface area contributed by atoms with Gasteiger partial charge in [0.1, 0.15) is 5.69 Å². The van der Waals surface area contributed by atoms with Crippen LogP contribution in [0.1, 0.15) is 58.3 Å². The van der Waals surface area contributed by atoms with E-state index >= 15 is 0 Å². The molecule has 1 aliphatic heterocycles. The second-order valence-electron chi connectivity index (χ2n) is 11.5. The smallest absolute Gasteiger partial charge is 0.374 e. The van der Waals surface area contributed by atoms with Gasteiger partial charge in [0.2, 0.25) is 11.8 Å². The summed E-state index contributed by atoms with van der Waals surface area (Å²) in [7, 11) is 0. The molecular formula is C29H34ClN7O3. The summed E-state index contributed by atoms with van der Waals surface area (Å²) < 4.78 is 13.4. The largest absolute Gasteiger partial charge is 0.439 e. The van der Waals surface area contributed by atoms with Gasteiger partial charge in [-0.05, 0) is 56.1 Å². The number of fused-ring (bicyclic) bond motifs is 2. The van der Waals surface area contributed by atoms with Crippen molar-refractivity contribution in [1.82, 2.24) is 29.7 Å². The maximum Gasteiger partial charge on any atom is 0.439 e. The Bertz CT molecular complexity index is 1570. The lowest BCUT2D eigenvalue weighted by Gasteiger charge is -2.39. The highest BCUT2D eigenvalue weighted by atomic mass is 35.5. The van der Waals surface area contributed by atoms with E-state index in [-0.39, 0.29) is 11.9 Å². The van der Waals surface area contributed by atoms with Crippen molar-refractivity contribution < 1.29 is 9.26 Å². The van der Waals surface area contributed by atoms with Crippen molar-refractivity contribution in [3.63, 3.8) is 0 Å². The molecule has 11 heteroatoms. The Morgan fingerprint density at radius 2 is 1.93 bits per heavy atom. The van der Waals surface area contributed by atoms with Gasteiger partial charge in [0.05, 0.1) is 40.5 Å². The summed E-state index contributed by atoms with van der Waals surface area (Å²) in [6.07, 6.45) is 13.2. The van der Waals surface area contributed by atoms with Crippen molar-refractivity contribution in [2.24, 2.45) is 11.8 Å². The van der Waals surface area contributed by atoms with Crippen LogP contribution in [0, 0.1) is 11.8 Å². The highest BCUT2D eigenvalue weighted by Gasteiger charge is 2.39. The molecule has 5 heterocycles. The van der Waals surface area contributed by atoms with Crippen molar-refractivity contribution >= 4 is 28.6 Å². The number of morpholine rings is 1. The van der Waals surface area contributed by atoms with E-state index in [4.69, 9.17) is 30.8 Å². The van der Waals surface area contributed by atoms with E-state index in [9.17, 15) is 4.79 Å². The number of nitrogens with one attached hydrogen (secondary N) is 1. The van der Waals surface area contributed by atoms with Crippen molar-refractivity contribution in [3.05, 3.63) is 40.1 Å². The Morgan fingerprint density at radius 3 is 2.70 bits per heavy atom. The number of hydrogen-bond donors (Lipinski definition) is 1. The third-order valence-corrected chi connectivity index (χ3v) is 9.30. The maximum absolute atomic E-state index is 11.8. The van der Waals surface area contributed by atoms with Crippen LogP contribution in [0.2, 0.25) is 5.02 Å². The second kappa shape index (κ2) is 10.6. The summed E-state index contributed by atoms with van der Waals surface area (Å²) in [5, 5.41) is 4.43. The molecule has 0 amide bonds. The zero-order valence-corrected chi connectivity index (χ0v) is 23.4. The van der Waals surface area contributed by atoms with E-state index in [2.05, 4.69) is 31.5 Å². The topological polar surface area (TPSA) is 115 Å². The molecule has 1 saturated heterocycles. The fourth-order valence-corrected chi connectivity index (χ4v) is 7.17. The Hall–Kier alpha value is -3.24. The van der Waals surface area contributed by atoms with E-state index in [1.54, 1.807) is 12.4 Å². The van der Waals surface area contributed by atoms with Crippen molar-refractivity contribution in [1.29, 1.82) is 0 Å². The molecule has 210 valence electrons. The van der Waals surface area contributed by atoms with Gasteiger partial charge in [-0.2, -0.15) is 0 Å². The molecule has 0 unspecified atom stereocenters. The molecule has 4 aromatic rings. The molecule has 0 bridgehead atoms. The Kier molecular flexibility index (Phi) is 6.83. The van der Waals surface area contributed by atoms with Gasteiger partial charge in [-0.15, -0.1) is 0 Å². The van der Waals surface area contributed by atoms with Gasteiger partial charge in [0.25, 0.3) is 0 Å². The van der Waals surface area contributed by atoms with E-state index in [1.165, 1.54) is 32.1 Å². The number of anilines is 1. The van der Waals surface area contributed by atoms with E-state index in [0.29, 0.717) is 35.0 Å². The van der Waals surface area contributed by atoms with Crippen LogP contribution in [0.3, 0.4) is 0 Å². The molecule has 2 aliphatic carbocycles. The first-order valence-electron chi connectivity index (χ1n) is 14.5. The molecule has 7 rings (SSSR count). The van der Waals surface area contributed by atoms with Crippen LogP contribution in [0.4, 0.5) is 5.95 Å². The number of nitrogens with zero attached hydrogens (tertiary/aromatic N) is 6. The maximum atomic E-state index is 11.8. The van der Waals surface area contributed by atoms with E-state index in [0.717, 1.165) is 60.8 Å². The minimum Gasteiger partial charge on any atom is -0.374 e. The predicted molar refractivity (Wildman–Crippen MR) is 152 cm³/mol. The molecule has 2 atom stereocenters. The monoisotopic (exact) mass is 563 g/mol. The summed E-state index contributed by atoms with van der Waals surface area (Å²) in [6, 6.07) is 4.08. The third-order valence-electron chi connectivity index (χ3n) is 9.09. The van der Waals surface area contributed by atoms with Crippen LogP contribution in [0.25, 0.3) is 33.8 Å². The molecule has 40 heavy (non-hydrogen) atoms. The molecule has 0 aromatic carbocycles. The molecule has 2 saturated carbocycles. The van der Waals surface area contributed by atoms with Gasteiger partial charge in [0, 0.05) is 31.0 Å². The Balaban J connectivity index is 1.42. The summed E-state index contributed by atoms with van der Waals surface area (Å²) in [6.45, 7) is 4.68. The summed E-state index contributed by atoms with van der Waals surface area (Å²) in [5.74, 6) is 2.00. The number of imidazole rings is 1. The summed E-state index contributed by atoms with van der Waals surface area (Å²) >= 11 is 6.41. The minimum atomic E-state index is -0.627. The fourth-order valence-electron chi connectivity index (χ4n) is 7.00. The van der Waals surface area contributed by atoms with Crippen LogP contribution in [-0.2, 0) is 11.3 Å². The van der Waals surface area contributed by atoms with E-state index in [1.807, 2.05) is 12.1 Å². The average molecular weight is 564 g/mol.